The van der Waals surface area contributed by atoms with Crippen molar-refractivity contribution in [2.45, 2.75) is 6.92 Å². The van der Waals surface area contributed by atoms with Gasteiger partial charge in [0.15, 0.2) is 5.69 Å². The summed E-state index contributed by atoms with van der Waals surface area (Å²) in [5.41, 5.74) is 2.02. The van der Waals surface area contributed by atoms with E-state index in [0.717, 1.165) is 10.9 Å². The lowest BCUT2D eigenvalue weighted by Crippen LogP contribution is -2.04. The van der Waals surface area contributed by atoms with Crippen LogP contribution in [-0.4, -0.2) is 18.1 Å². The first-order valence-corrected chi connectivity index (χ1v) is 5.15. The second-order valence-corrected chi connectivity index (χ2v) is 3.91. The van der Waals surface area contributed by atoms with Crippen molar-refractivity contribution in [3.05, 3.63) is 40.5 Å². The van der Waals surface area contributed by atoms with Gasteiger partial charge in [-0.1, -0.05) is 23.2 Å². The first kappa shape index (κ1) is 10.9. The van der Waals surface area contributed by atoms with Crippen LogP contribution >= 0.6 is 11.6 Å². The van der Waals surface area contributed by atoms with E-state index in [1.54, 1.807) is 0 Å². The molecule has 4 heteroatoms. The van der Waals surface area contributed by atoms with Crippen LogP contribution in [0.5, 0.6) is 0 Å². The maximum Gasteiger partial charge on any atom is 0.356 e. The van der Waals surface area contributed by atoms with Crippen molar-refractivity contribution < 1.29 is 9.53 Å². The Balaban J connectivity index is 2.68. The SMILES string of the molecule is COC(=O)c1cc(Cl)c2cc(C)ccc2n1. The van der Waals surface area contributed by atoms with Crippen LogP contribution in [0.1, 0.15) is 16.1 Å². The minimum absolute atomic E-state index is 0.226. The molecule has 0 fully saturated rings. The zero-order chi connectivity index (χ0) is 11.7. The Hall–Kier alpha value is -1.61. The fourth-order valence-electron chi connectivity index (χ4n) is 1.51. The highest BCUT2D eigenvalue weighted by molar-refractivity contribution is 6.35. The number of nitrogens with zero attached hydrogens (tertiary/aromatic N) is 1. The van der Waals surface area contributed by atoms with Crippen molar-refractivity contribution in [1.82, 2.24) is 4.98 Å². The number of benzene rings is 1. The molecule has 0 saturated carbocycles. The number of halogens is 1. The number of pyridine rings is 1. The summed E-state index contributed by atoms with van der Waals surface area (Å²) in [4.78, 5) is 15.5. The highest BCUT2D eigenvalue weighted by atomic mass is 35.5. The van der Waals surface area contributed by atoms with Crippen LogP contribution in [-0.2, 0) is 4.74 Å². The third-order valence-corrected chi connectivity index (χ3v) is 2.62. The summed E-state index contributed by atoms with van der Waals surface area (Å²) in [6.07, 6.45) is 0. The van der Waals surface area contributed by atoms with Crippen LogP contribution in [0, 0.1) is 6.92 Å². The quantitative estimate of drug-likeness (QED) is 0.714. The molecule has 0 saturated heterocycles. The summed E-state index contributed by atoms with van der Waals surface area (Å²) in [5, 5.41) is 1.35. The Bertz CT molecular complexity index is 566. The van der Waals surface area contributed by atoms with Gasteiger partial charge in [-0.25, -0.2) is 9.78 Å². The molecular formula is C12H10ClNO2. The van der Waals surface area contributed by atoms with Crippen molar-refractivity contribution in [1.29, 1.82) is 0 Å². The van der Waals surface area contributed by atoms with Crippen molar-refractivity contribution in [3.8, 4) is 0 Å². The minimum Gasteiger partial charge on any atom is -0.464 e. The van der Waals surface area contributed by atoms with Gasteiger partial charge in [0.05, 0.1) is 17.6 Å². The molecule has 82 valence electrons. The summed E-state index contributed by atoms with van der Waals surface area (Å²) < 4.78 is 4.60. The van der Waals surface area contributed by atoms with Crippen LogP contribution in [0.4, 0.5) is 0 Å². The molecule has 0 aliphatic heterocycles. The number of fused-ring (bicyclic) bond motifs is 1. The van der Waals surface area contributed by atoms with Gasteiger partial charge in [-0.2, -0.15) is 0 Å². The summed E-state index contributed by atoms with van der Waals surface area (Å²) in [7, 11) is 1.32. The van der Waals surface area contributed by atoms with Crippen molar-refractivity contribution in [2.24, 2.45) is 0 Å². The fourth-order valence-corrected chi connectivity index (χ4v) is 1.76. The molecule has 0 unspecified atom stereocenters. The third-order valence-electron chi connectivity index (χ3n) is 2.31. The monoisotopic (exact) mass is 235 g/mol. The molecule has 1 heterocycles. The van der Waals surface area contributed by atoms with E-state index in [9.17, 15) is 4.79 Å². The van der Waals surface area contributed by atoms with Crippen molar-refractivity contribution in [2.75, 3.05) is 7.11 Å². The lowest BCUT2D eigenvalue weighted by atomic mass is 10.1. The second kappa shape index (κ2) is 4.10. The van der Waals surface area contributed by atoms with Gasteiger partial charge in [-0.05, 0) is 25.1 Å². The molecule has 0 amide bonds. The zero-order valence-electron chi connectivity index (χ0n) is 8.95. The number of aryl methyl sites for hydroxylation is 1. The molecule has 1 aromatic carbocycles. The molecule has 0 aliphatic carbocycles. The number of carbonyl (C=O) groups excluding carboxylic acids is 1. The smallest absolute Gasteiger partial charge is 0.356 e. The Morgan fingerprint density at radius 2 is 2.12 bits per heavy atom. The van der Waals surface area contributed by atoms with E-state index in [2.05, 4.69) is 9.72 Å². The van der Waals surface area contributed by atoms with Crippen molar-refractivity contribution >= 4 is 28.5 Å². The van der Waals surface area contributed by atoms with Crippen LogP contribution in [0.25, 0.3) is 10.9 Å². The van der Waals surface area contributed by atoms with E-state index in [-0.39, 0.29) is 5.69 Å². The highest BCUT2D eigenvalue weighted by Crippen LogP contribution is 2.24. The molecule has 0 aliphatic rings. The average molecular weight is 236 g/mol. The number of aromatic nitrogens is 1. The maximum absolute atomic E-state index is 11.3. The number of carbonyl (C=O) groups is 1. The molecule has 0 spiro atoms. The van der Waals surface area contributed by atoms with Crippen LogP contribution < -0.4 is 0 Å². The van der Waals surface area contributed by atoms with E-state index in [0.29, 0.717) is 10.5 Å². The lowest BCUT2D eigenvalue weighted by Gasteiger charge is -2.04. The van der Waals surface area contributed by atoms with Crippen LogP contribution in [0.15, 0.2) is 24.3 Å². The standard InChI is InChI=1S/C12H10ClNO2/c1-7-3-4-10-8(5-7)9(13)6-11(14-10)12(15)16-2/h3-6H,1-2H3. The number of hydrogen-bond acceptors (Lipinski definition) is 3. The number of esters is 1. The summed E-state index contributed by atoms with van der Waals surface area (Å²) in [6, 6.07) is 7.22. The topological polar surface area (TPSA) is 39.2 Å². The van der Waals surface area contributed by atoms with E-state index in [4.69, 9.17) is 11.6 Å². The fraction of sp³-hybridized carbons (Fsp3) is 0.167. The molecule has 0 bridgehead atoms. The molecule has 0 radical (unpaired) electrons. The molecular weight excluding hydrogens is 226 g/mol. The summed E-state index contributed by atoms with van der Waals surface area (Å²) in [6.45, 7) is 1.98. The summed E-state index contributed by atoms with van der Waals surface area (Å²) in [5.74, 6) is -0.482. The Morgan fingerprint density at radius 3 is 2.81 bits per heavy atom. The molecule has 0 atom stereocenters. The first-order chi connectivity index (χ1) is 7.61. The Kier molecular flexibility index (Phi) is 2.79. The van der Waals surface area contributed by atoms with E-state index < -0.39 is 5.97 Å². The lowest BCUT2D eigenvalue weighted by molar-refractivity contribution is 0.0594. The van der Waals surface area contributed by atoms with Crippen LogP contribution in [0.3, 0.4) is 0 Å². The Labute approximate surface area is 98.0 Å². The normalized spacial score (nSPS) is 10.4. The van der Waals surface area contributed by atoms with E-state index in [1.165, 1.54) is 13.2 Å². The zero-order valence-corrected chi connectivity index (χ0v) is 9.71. The number of hydrogen-bond donors (Lipinski definition) is 0. The molecule has 2 aromatic rings. The molecule has 1 aromatic heterocycles. The van der Waals surface area contributed by atoms with Crippen LogP contribution in [0.2, 0.25) is 5.02 Å². The van der Waals surface area contributed by atoms with Gasteiger partial charge in [0.1, 0.15) is 0 Å². The predicted octanol–water partition coefficient (Wildman–Crippen LogP) is 2.98. The van der Waals surface area contributed by atoms with E-state index in [1.807, 2.05) is 25.1 Å². The predicted molar refractivity (Wildman–Crippen MR) is 62.8 cm³/mol. The van der Waals surface area contributed by atoms with Gasteiger partial charge in [-0.15, -0.1) is 0 Å². The molecule has 16 heavy (non-hydrogen) atoms. The molecule has 3 nitrogen and oxygen atoms in total. The third kappa shape index (κ3) is 1.86. The second-order valence-electron chi connectivity index (χ2n) is 3.50. The van der Waals surface area contributed by atoms with Gasteiger partial charge in [0.2, 0.25) is 0 Å². The van der Waals surface area contributed by atoms with Gasteiger partial charge < -0.3 is 4.74 Å². The number of rotatable bonds is 1. The van der Waals surface area contributed by atoms with E-state index >= 15 is 0 Å². The van der Waals surface area contributed by atoms with Gasteiger partial charge >= 0.3 is 5.97 Å². The number of methoxy groups -OCH3 is 1. The highest BCUT2D eigenvalue weighted by Gasteiger charge is 2.11. The maximum atomic E-state index is 11.3. The largest absolute Gasteiger partial charge is 0.464 e. The minimum atomic E-state index is -0.482. The Morgan fingerprint density at radius 1 is 1.38 bits per heavy atom. The average Bonchev–Trinajstić information content (AvgIpc) is 2.28. The van der Waals surface area contributed by atoms with Gasteiger partial charge in [-0.3, -0.25) is 0 Å². The number of ether oxygens (including phenoxy) is 1. The molecule has 2 rings (SSSR count). The summed E-state index contributed by atoms with van der Waals surface area (Å²) >= 11 is 6.09. The molecule has 0 N–H and O–H groups in total. The van der Waals surface area contributed by atoms with Crippen molar-refractivity contribution in [3.63, 3.8) is 0 Å². The first-order valence-electron chi connectivity index (χ1n) is 4.77. The van der Waals surface area contributed by atoms with Gasteiger partial charge in [0, 0.05) is 5.39 Å². The van der Waals surface area contributed by atoms with Gasteiger partial charge in [0.25, 0.3) is 0 Å².